The van der Waals surface area contributed by atoms with Crippen molar-refractivity contribution in [3.05, 3.63) is 94.9 Å². The predicted octanol–water partition coefficient (Wildman–Crippen LogP) is 4.53. The van der Waals surface area contributed by atoms with Crippen LogP contribution in [0.1, 0.15) is 16.1 Å². The number of hydrogen-bond donors (Lipinski definition) is 1. The number of nitrogens with one attached hydrogen (secondary N) is 1. The van der Waals surface area contributed by atoms with Gasteiger partial charge < -0.3 is 10.1 Å². The molecule has 1 amide bonds. The Morgan fingerprint density at radius 2 is 1.93 bits per heavy atom. The van der Waals surface area contributed by atoms with E-state index in [0.717, 1.165) is 10.0 Å². The molecule has 29 heavy (non-hydrogen) atoms. The van der Waals surface area contributed by atoms with E-state index in [0.29, 0.717) is 23.9 Å². The number of hydrogen-bond acceptors (Lipinski definition) is 5. The van der Waals surface area contributed by atoms with Gasteiger partial charge in [0.25, 0.3) is 5.91 Å². The van der Waals surface area contributed by atoms with Crippen LogP contribution < -0.4 is 10.1 Å². The topological polar surface area (TPSA) is 81.9 Å². The minimum atomic E-state index is -0.355. The van der Waals surface area contributed by atoms with Crippen LogP contribution in [-0.2, 0) is 6.54 Å². The van der Waals surface area contributed by atoms with Crippen LogP contribution in [0.15, 0.2) is 83.6 Å². The van der Waals surface area contributed by atoms with E-state index in [-0.39, 0.29) is 11.6 Å². The molecule has 0 unspecified atom stereocenters. The molecule has 0 aliphatic heterocycles. The maximum Gasteiger partial charge on any atom is 0.277 e. The van der Waals surface area contributed by atoms with Crippen LogP contribution in [-0.4, -0.2) is 25.9 Å². The van der Waals surface area contributed by atoms with E-state index in [2.05, 4.69) is 36.5 Å². The fourth-order valence-corrected chi connectivity index (χ4v) is 2.99. The Morgan fingerprint density at radius 3 is 2.69 bits per heavy atom. The molecule has 0 aliphatic rings. The van der Waals surface area contributed by atoms with Gasteiger partial charge in [0.15, 0.2) is 5.69 Å². The molecular formula is C21H16BrN5O2. The van der Waals surface area contributed by atoms with Gasteiger partial charge in [0, 0.05) is 10.5 Å². The van der Waals surface area contributed by atoms with Gasteiger partial charge in [0.2, 0.25) is 5.88 Å². The van der Waals surface area contributed by atoms with Gasteiger partial charge in [0.1, 0.15) is 5.75 Å². The number of nitrogens with zero attached hydrogens (tertiary/aromatic N) is 4. The van der Waals surface area contributed by atoms with E-state index in [1.807, 2.05) is 54.6 Å². The van der Waals surface area contributed by atoms with Crippen molar-refractivity contribution in [1.29, 1.82) is 0 Å². The van der Waals surface area contributed by atoms with Gasteiger partial charge in [-0.1, -0.05) is 57.5 Å². The molecule has 0 radical (unpaired) electrons. The zero-order valence-corrected chi connectivity index (χ0v) is 16.8. The number of halogens is 1. The van der Waals surface area contributed by atoms with Gasteiger partial charge in [-0.25, -0.2) is 9.67 Å². The number of carbonyl (C=O) groups excluding carboxylic acids is 1. The lowest BCUT2D eigenvalue weighted by Crippen LogP contribution is -2.12. The summed E-state index contributed by atoms with van der Waals surface area (Å²) in [5.74, 6) is 0.736. The second kappa shape index (κ2) is 8.66. The lowest BCUT2D eigenvalue weighted by molar-refractivity contribution is 0.102. The summed E-state index contributed by atoms with van der Waals surface area (Å²) in [7, 11) is 0. The average molecular weight is 450 g/mol. The van der Waals surface area contributed by atoms with Crippen molar-refractivity contribution < 1.29 is 9.53 Å². The SMILES string of the molecule is O=C(Nc1ccc(Oc2cccc(Br)c2)nc1)c1cn(Cc2ccccc2)nn1. The summed E-state index contributed by atoms with van der Waals surface area (Å²) in [4.78, 5) is 16.6. The summed E-state index contributed by atoms with van der Waals surface area (Å²) in [6.07, 6.45) is 3.14. The Hall–Kier alpha value is -3.52. The minimum absolute atomic E-state index is 0.232. The van der Waals surface area contributed by atoms with Crippen molar-refractivity contribution in [2.75, 3.05) is 5.32 Å². The normalized spacial score (nSPS) is 10.5. The Balaban J connectivity index is 1.37. The molecule has 8 heteroatoms. The van der Waals surface area contributed by atoms with Gasteiger partial charge in [-0.15, -0.1) is 5.10 Å². The first kappa shape index (κ1) is 18.8. The molecule has 2 aromatic carbocycles. The Morgan fingerprint density at radius 1 is 1.07 bits per heavy atom. The van der Waals surface area contributed by atoms with Crippen LogP contribution in [0.4, 0.5) is 5.69 Å². The van der Waals surface area contributed by atoms with E-state index in [4.69, 9.17) is 4.74 Å². The van der Waals surface area contributed by atoms with Gasteiger partial charge in [-0.2, -0.15) is 0 Å². The monoisotopic (exact) mass is 449 g/mol. The van der Waals surface area contributed by atoms with E-state index < -0.39 is 0 Å². The number of aromatic nitrogens is 4. The molecule has 1 N–H and O–H groups in total. The Bertz CT molecular complexity index is 1110. The van der Waals surface area contributed by atoms with Crippen molar-refractivity contribution in [2.24, 2.45) is 0 Å². The van der Waals surface area contributed by atoms with Gasteiger partial charge >= 0.3 is 0 Å². The van der Waals surface area contributed by atoms with Crippen LogP contribution in [0.25, 0.3) is 0 Å². The van der Waals surface area contributed by atoms with Crippen LogP contribution in [0, 0.1) is 0 Å². The molecule has 2 aromatic heterocycles. The van der Waals surface area contributed by atoms with E-state index in [1.165, 1.54) is 6.20 Å². The van der Waals surface area contributed by atoms with Crippen molar-refractivity contribution in [1.82, 2.24) is 20.0 Å². The molecule has 0 spiro atoms. The third-order valence-electron chi connectivity index (χ3n) is 3.97. The van der Waals surface area contributed by atoms with Gasteiger partial charge in [0.05, 0.1) is 24.6 Å². The molecule has 0 aliphatic carbocycles. The molecule has 4 aromatic rings. The Labute approximate surface area is 175 Å². The number of rotatable bonds is 6. The zero-order valence-electron chi connectivity index (χ0n) is 15.2. The number of amides is 1. The number of anilines is 1. The molecule has 0 saturated carbocycles. The fraction of sp³-hybridized carbons (Fsp3) is 0.0476. The maximum absolute atomic E-state index is 12.4. The van der Waals surface area contributed by atoms with Crippen LogP contribution >= 0.6 is 15.9 Å². The van der Waals surface area contributed by atoms with Gasteiger partial charge in [-0.3, -0.25) is 4.79 Å². The third kappa shape index (κ3) is 5.05. The maximum atomic E-state index is 12.4. The predicted molar refractivity (Wildman–Crippen MR) is 112 cm³/mol. The summed E-state index contributed by atoms with van der Waals surface area (Å²) >= 11 is 3.40. The molecule has 144 valence electrons. The third-order valence-corrected chi connectivity index (χ3v) is 4.46. The second-order valence-corrected chi connectivity index (χ2v) is 7.10. The van der Waals surface area contributed by atoms with Crippen molar-refractivity contribution >= 4 is 27.5 Å². The lowest BCUT2D eigenvalue weighted by Gasteiger charge is -2.06. The minimum Gasteiger partial charge on any atom is -0.439 e. The largest absolute Gasteiger partial charge is 0.439 e. The molecule has 7 nitrogen and oxygen atoms in total. The number of pyridine rings is 1. The summed E-state index contributed by atoms with van der Waals surface area (Å²) in [6, 6.07) is 20.7. The van der Waals surface area contributed by atoms with E-state index in [1.54, 1.807) is 23.0 Å². The van der Waals surface area contributed by atoms with E-state index in [9.17, 15) is 4.79 Å². The average Bonchev–Trinajstić information content (AvgIpc) is 3.19. The molecular weight excluding hydrogens is 434 g/mol. The number of ether oxygens (including phenoxy) is 1. The summed E-state index contributed by atoms with van der Waals surface area (Å²) in [5, 5.41) is 10.7. The highest BCUT2D eigenvalue weighted by Gasteiger charge is 2.12. The molecule has 0 fully saturated rings. The second-order valence-electron chi connectivity index (χ2n) is 6.19. The standard InChI is InChI=1S/C21H16BrN5O2/c22-16-7-4-8-18(11-16)29-20-10-9-17(12-23-20)24-21(28)19-14-27(26-25-19)13-15-5-2-1-3-6-15/h1-12,14H,13H2,(H,24,28). The smallest absolute Gasteiger partial charge is 0.277 e. The lowest BCUT2D eigenvalue weighted by atomic mass is 10.2. The first-order chi connectivity index (χ1) is 14.2. The van der Waals surface area contributed by atoms with Crippen molar-refractivity contribution in [3.63, 3.8) is 0 Å². The number of benzene rings is 2. The molecule has 0 bridgehead atoms. The summed E-state index contributed by atoms with van der Waals surface area (Å²) in [5.41, 5.74) is 1.85. The highest BCUT2D eigenvalue weighted by atomic mass is 79.9. The fourth-order valence-electron chi connectivity index (χ4n) is 2.61. The number of carbonyl (C=O) groups is 1. The zero-order chi connectivity index (χ0) is 20.1. The summed E-state index contributed by atoms with van der Waals surface area (Å²) in [6.45, 7) is 0.546. The first-order valence-electron chi connectivity index (χ1n) is 8.80. The highest BCUT2D eigenvalue weighted by molar-refractivity contribution is 9.10. The first-order valence-corrected chi connectivity index (χ1v) is 9.60. The molecule has 2 heterocycles. The Kier molecular flexibility index (Phi) is 5.62. The quantitative estimate of drug-likeness (QED) is 0.467. The molecule has 0 saturated heterocycles. The summed E-state index contributed by atoms with van der Waals surface area (Å²) < 4.78 is 8.22. The van der Waals surface area contributed by atoms with Crippen LogP contribution in [0.5, 0.6) is 11.6 Å². The molecule has 0 atom stereocenters. The van der Waals surface area contributed by atoms with Crippen LogP contribution in [0.3, 0.4) is 0 Å². The molecule has 4 rings (SSSR count). The van der Waals surface area contributed by atoms with Crippen molar-refractivity contribution in [3.8, 4) is 11.6 Å². The van der Waals surface area contributed by atoms with Gasteiger partial charge in [-0.05, 0) is 29.8 Å². The van der Waals surface area contributed by atoms with E-state index >= 15 is 0 Å². The van der Waals surface area contributed by atoms with Crippen molar-refractivity contribution in [2.45, 2.75) is 6.54 Å². The van der Waals surface area contributed by atoms with Crippen LogP contribution in [0.2, 0.25) is 0 Å². The highest BCUT2D eigenvalue weighted by Crippen LogP contribution is 2.23.